The van der Waals surface area contributed by atoms with Crippen molar-refractivity contribution in [1.29, 1.82) is 0 Å². The van der Waals surface area contributed by atoms with Gasteiger partial charge in [-0.3, -0.25) is 4.79 Å². The molecule has 230 valence electrons. The van der Waals surface area contributed by atoms with Gasteiger partial charge in [0.25, 0.3) is 0 Å². The van der Waals surface area contributed by atoms with E-state index in [1.165, 1.54) is 61.7 Å². The van der Waals surface area contributed by atoms with E-state index in [-0.39, 0.29) is 39.5 Å². The fraction of sp³-hybridized carbons (Fsp3) is 0.226. The number of ether oxygens (including phenoxy) is 4. The normalized spacial score (nSPS) is 21.8. The number of fused-ring (bicyclic) bond motifs is 1. The van der Waals surface area contributed by atoms with Crippen molar-refractivity contribution in [1.82, 2.24) is 0 Å². The Balaban J connectivity index is 1.43. The lowest BCUT2D eigenvalue weighted by Crippen LogP contribution is -2.60. The van der Waals surface area contributed by atoms with E-state index in [0.717, 1.165) is 6.08 Å². The molecule has 0 radical (unpaired) electrons. The molecule has 1 fully saturated rings. The first-order chi connectivity index (χ1) is 21.0. The Bertz CT molecular complexity index is 1730. The Morgan fingerprint density at radius 1 is 0.909 bits per heavy atom. The maximum atomic E-state index is 13.7. The number of aliphatic hydroxyl groups is 3. The molecule has 6 N–H and O–H groups in total. The lowest BCUT2D eigenvalue weighted by atomic mass is 9.99. The van der Waals surface area contributed by atoms with Crippen LogP contribution < -0.4 is 14.9 Å². The second-order valence-electron chi connectivity index (χ2n) is 9.84. The third-order valence-corrected chi connectivity index (χ3v) is 6.87. The van der Waals surface area contributed by atoms with Crippen LogP contribution >= 0.6 is 0 Å². The minimum Gasteiger partial charge on any atom is -0.508 e. The van der Waals surface area contributed by atoms with Crippen LogP contribution in [0.3, 0.4) is 0 Å². The molecule has 1 aliphatic rings. The fourth-order valence-electron chi connectivity index (χ4n) is 4.52. The molecule has 4 aromatic rings. The standard InChI is InChI=1S/C31H28O13/c1-40-19-12-20(34)24-21(13-19)42-29(16-5-9-18(33)10-6-16)30(26(24)37)44-31-28(39)27(38)25(36)22(43-31)14-41-23(35)11-4-15-2-7-17(32)8-3-15/h2-13,22,25,27-28,31-34,36,38-39H,14H2,1H3/b11-4+/t22-,25?,27?,28?,31?/m1/s1. The third kappa shape index (κ3) is 6.31. The van der Waals surface area contributed by atoms with Gasteiger partial charge < -0.3 is 54.0 Å². The summed E-state index contributed by atoms with van der Waals surface area (Å²) in [7, 11) is 1.36. The zero-order valence-electron chi connectivity index (χ0n) is 23.1. The number of phenolic OH excluding ortho intramolecular Hbond substituents is 3. The van der Waals surface area contributed by atoms with Crippen molar-refractivity contribution < 1.29 is 58.8 Å². The highest BCUT2D eigenvalue weighted by Crippen LogP contribution is 2.37. The van der Waals surface area contributed by atoms with Crippen LogP contribution in [0.1, 0.15) is 5.56 Å². The Morgan fingerprint density at radius 3 is 2.23 bits per heavy atom. The number of esters is 1. The SMILES string of the molecule is COc1cc(O)c2c(=O)c(OC3O[C@H](COC(=O)/C=C/c4ccc(O)cc4)C(O)C(O)C3O)c(-c3ccc(O)cc3)oc2c1. The summed E-state index contributed by atoms with van der Waals surface area (Å²) in [6.45, 7) is -0.568. The highest BCUT2D eigenvalue weighted by Gasteiger charge is 2.46. The third-order valence-electron chi connectivity index (χ3n) is 6.87. The van der Waals surface area contributed by atoms with Crippen molar-refractivity contribution in [3.8, 4) is 40.1 Å². The number of benzene rings is 3. The maximum absolute atomic E-state index is 13.7. The van der Waals surface area contributed by atoms with E-state index in [9.17, 15) is 40.2 Å². The molecule has 2 heterocycles. The van der Waals surface area contributed by atoms with E-state index in [2.05, 4.69) is 0 Å². The topological polar surface area (TPSA) is 206 Å². The molecule has 0 spiro atoms. The number of rotatable bonds is 8. The Kier molecular flexibility index (Phi) is 8.73. The number of hydrogen-bond donors (Lipinski definition) is 6. The van der Waals surface area contributed by atoms with Gasteiger partial charge in [-0.2, -0.15) is 0 Å². The summed E-state index contributed by atoms with van der Waals surface area (Å²) >= 11 is 0. The summed E-state index contributed by atoms with van der Waals surface area (Å²) in [5.74, 6) is -1.82. The zero-order chi connectivity index (χ0) is 31.5. The molecule has 13 heteroatoms. The smallest absolute Gasteiger partial charge is 0.330 e. The monoisotopic (exact) mass is 608 g/mol. The molecule has 5 rings (SSSR count). The number of hydrogen-bond acceptors (Lipinski definition) is 13. The fourth-order valence-corrected chi connectivity index (χ4v) is 4.52. The van der Waals surface area contributed by atoms with E-state index >= 15 is 0 Å². The Labute approximate surface area is 249 Å². The first-order valence-corrected chi connectivity index (χ1v) is 13.2. The summed E-state index contributed by atoms with van der Waals surface area (Å²) in [5, 5.41) is 61.1. The number of aliphatic hydroxyl groups excluding tert-OH is 3. The lowest BCUT2D eigenvalue weighted by molar-refractivity contribution is -0.278. The number of phenols is 3. The molecule has 3 aromatic carbocycles. The van der Waals surface area contributed by atoms with E-state index in [1.807, 2.05) is 0 Å². The van der Waals surface area contributed by atoms with Crippen LogP contribution in [0.15, 0.2) is 76.0 Å². The van der Waals surface area contributed by atoms with Crippen molar-refractivity contribution in [3.05, 3.63) is 82.5 Å². The molecule has 13 nitrogen and oxygen atoms in total. The molecule has 1 saturated heterocycles. The highest BCUT2D eigenvalue weighted by molar-refractivity contribution is 5.88. The molecule has 0 amide bonds. The molecule has 0 aliphatic carbocycles. The number of aromatic hydroxyl groups is 3. The van der Waals surface area contributed by atoms with E-state index in [1.54, 1.807) is 12.1 Å². The molecular formula is C31H28O13. The zero-order valence-corrected chi connectivity index (χ0v) is 23.1. The molecule has 1 aliphatic heterocycles. The molecule has 4 unspecified atom stereocenters. The minimum absolute atomic E-state index is 0.0550. The lowest BCUT2D eigenvalue weighted by Gasteiger charge is -2.39. The van der Waals surface area contributed by atoms with Crippen molar-refractivity contribution in [2.75, 3.05) is 13.7 Å². The van der Waals surface area contributed by atoms with Crippen LogP contribution in [-0.2, 0) is 14.3 Å². The first-order valence-electron chi connectivity index (χ1n) is 13.2. The summed E-state index contributed by atoms with van der Waals surface area (Å²) in [6.07, 6.45) is -6.06. The molecule has 0 saturated carbocycles. The molecule has 5 atom stereocenters. The molecule has 0 bridgehead atoms. The predicted octanol–water partition coefficient (Wildman–Crippen LogP) is 2.03. The number of methoxy groups -OCH3 is 1. The second-order valence-corrected chi connectivity index (χ2v) is 9.84. The summed E-state index contributed by atoms with van der Waals surface area (Å²) in [6, 6.07) is 14.1. The van der Waals surface area contributed by atoms with Crippen LogP contribution in [0, 0.1) is 0 Å². The molecule has 1 aromatic heterocycles. The molecule has 44 heavy (non-hydrogen) atoms. The second kappa shape index (κ2) is 12.7. The van der Waals surface area contributed by atoms with Gasteiger partial charge in [-0.15, -0.1) is 0 Å². The van der Waals surface area contributed by atoms with Gasteiger partial charge in [-0.1, -0.05) is 12.1 Å². The summed E-state index contributed by atoms with van der Waals surface area (Å²) in [4.78, 5) is 25.9. The summed E-state index contributed by atoms with van der Waals surface area (Å²) in [5.41, 5.74) is -0.0686. The Hall–Kier alpha value is -5.08. The van der Waals surface area contributed by atoms with Crippen molar-refractivity contribution in [3.63, 3.8) is 0 Å². The van der Waals surface area contributed by atoms with Gasteiger partial charge in [0.2, 0.25) is 17.5 Å². The van der Waals surface area contributed by atoms with Gasteiger partial charge in [-0.05, 0) is 48.0 Å². The summed E-state index contributed by atoms with van der Waals surface area (Å²) < 4.78 is 27.6. The van der Waals surface area contributed by atoms with Crippen LogP contribution in [0.4, 0.5) is 0 Å². The first kappa shape index (κ1) is 30.4. The van der Waals surface area contributed by atoms with Gasteiger partial charge in [-0.25, -0.2) is 4.79 Å². The highest BCUT2D eigenvalue weighted by atomic mass is 16.7. The van der Waals surface area contributed by atoms with E-state index in [0.29, 0.717) is 5.56 Å². The van der Waals surface area contributed by atoms with Gasteiger partial charge in [0, 0.05) is 23.8 Å². The average molecular weight is 609 g/mol. The largest absolute Gasteiger partial charge is 0.508 e. The van der Waals surface area contributed by atoms with Crippen LogP contribution in [0.5, 0.6) is 28.7 Å². The van der Waals surface area contributed by atoms with Gasteiger partial charge in [0.1, 0.15) is 65.0 Å². The van der Waals surface area contributed by atoms with Gasteiger partial charge in [0.15, 0.2) is 5.76 Å². The van der Waals surface area contributed by atoms with E-state index < -0.39 is 60.2 Å². The van der Waals surface area contributed by atoms with Crippen LogP contribution in [-0.4, -0.2) is 81.0 Å². The number of carbonyl (C=O) groups excluding carboxylic acids is 1. The van der Waals surface area contributed by atoms with Gasteiger partial charge in [0.05, 0.1) is 7.11 Å². The molecular weight excluding hydrogens is 580 g/mol. The predicted molar refractivity (Wildman–Crippen MR) is 153 cm³/mol. The minimum atomic E-state index is -1.88. The quantitative estimate of drug-likeness (QED) is 0.125. The van der Waals surface area contributed by atoms with Gasteiger partial charge >= 0.3 is 5.97 Å². The van der Waals surface area contributed by atoms with E-state index in [4.69, 9.17) is 23.4 Å². The maximum Gasteiger partial charge on any atom is 0.330 e. The van der Waals surface area contributed by atoms with Crippen molar-refractivity contribution >= 4 is 23.0 Å². The van der Waals surface area contributed by atoms with Crippen LogP contribution in [0.25, 0.3) is 28.4 Å². The average Bonchev–Trinajstić information content (AvgIpc) is 3.01. The van der Waals surface area contributed by atoms with Crippen molar-refractivity contribution in [2.24, 2.45) is 0 Å². The number of carbonyl (C=O) groups is 1. The Morgan fingerprint density at radius 2 is 1.57 bits per heavy atom. The van der Waals surface area contributed by atoms with Crippen LogP contribution in [0.2, 0.25) is 0 Å². The van der Waals surface area contributed by atoms with Crippen molar-refractivity contribution in [2.45, 2.75) is 30.7 Å².